The lowest BCUT2D eigenvalue weighted by Crippen LogP contribution is -2.14. The SMILES string of the molecule is [C-]#[N+]CC(=O)Nc1ccc([N+](=O)[O-])cc1OC. The standard InChI is InChI=1S/C10H9N3O4/c1-11-6-10(14)12-8-4-3-7(13(15)16)5-9(8)17-2/h3-5H,6H2,2H3,(H,12,14). The highest BCUT2D eigenvalue weighted by Gasteiger charge is 2.13. The third-order valence-electron chi connectivity index (χ3n) is 1.89. The van der Waals surface area contributed by atoms with Crippen molar-refractivity contribution < 1.29 is 14.5 Å². The van der Waals surface area contributed by atoms with Crippen molar-refractivity contribution in [1.82, 2.24) is 0 Å². The van der Waals surface area contributed by atoms with Crippen LogP contribution in [0.1, 0.15) is 0 Å². The number of methoxy groups -OCH3 is 1. The van der Waals surface area contributed by atoms with E-state index in [4.69, 9.17) is 11.3 Å². The second-order valence-corrected chi connectivity index (χ2v) is 3.01. The zero-order chi connectivity index (χ0) is 12.8. The minimum absolute atomic E-state index is 0.134. The Morgan fingerprint density at radius 2 is 2.35 bits per heavy atom. The predicted octanol–water partition coefficient (Wildman–Crippen LogP) is 1.46. The molecule has 0 heterocycles. The normalized spacial score (nSPS) is 9.18. The summed E-state index contributed by atoms with van der Waals surface area (Å²) >= 11 is 0. The second kappa shape index (κ2) is 5.46. The first-order valence-electron chi connectivity index (χ1n) is 4.54. The van der Waals surface area contributed by atoms with Crippen LogP contribution in [0.5, 0.6) is 5.75 Å². The van der Waals surface area contributed by atoms with E-state index in [1.165, 1.54) is 25.3 Å². The highest BCUT2D eigenvalue weighted by atomic mass is 16.6. The summed E-state index contributed by atoms with van der Waals surface area (Å²) in [6, 6.07) is 3.81. The Morgan fingerprint density at radius 1 is 1.65 bits per heavy atom. The van der Waals surface area contributed by atoms with Gasteiger partial charge in [0.05, 0.1) is 23.8 Å². The summed E-state index contributed by atoms with van der Waals surface area (Å²) < 4.78 is 4.92. The van der Waals surface area contributed by atoms with Gasteiger partial charge in [-0.1, -0.05) is 0 Å². The number of benzene rings is 1. The van der Waals surface area contributed by atoms with Crippen molar-refractivity contribution in [3.63, 3.8) is 0 Å². The number of non-ortho nitro benzene ring substituents is 1. The Hall–Kier alpha value is -2.62. The van der Waals surface area contributed by atoms with Gasteiger partial charge in [-0.3, -0.25) is 14.9 Å². The van der Waals surface area contributed by atoms with Crippen molar-refractivity contribution in [1.29, 1.82) is 0 Å². The molecule has 0 aliphatic heterocycles. The molecule has 0 saturated heterocycles. The molecule has 0 bridgehead atoms. The van der Waals surface area contributed by atoms with Crippen LogP contribution in [0, 0.1) is 16.7 Å². The molecule has 0 aliphatic carbocycles. The summed E-state index contributed by atoms with van der Waals surface area (Å²) in [6.45, 7) is 6.23. The summed E-state index contributed by atoms with van der Waals surface area (Å²) in [5, 5.41) is 13.0. The largest absolute Gasteiger partial charge is 0.494 e. The number of anilines is 1. The van der Waals surface area contributed by atoms with E-state index >= 15 is 0 Å². The first-order chi connectivity index (χ1) is 8.08. The number of nitrogens with one attached hydrogen (secondary N) is 1. The Bertz CT molecular complexity index is 493. The molecule has 1 aromatic carbocycles. The molecule has 0 unspecified atom stereocenters. The summed E-state index contributed by atoms with van der Waals surface area (Å²) in [4.78, 5) is 24.1. The lowest BCUT2D eigenvalue weighted by atomic mass is 10.2. The van der Waals surface area contributed by atoms with Gasteiger partial charge in [-0.2, -0.15) is 0 Å². The summed E-state index contributed by atoms with van der Waals surface area (Å²) in [7, 11) is 1.34. The van der Waals surface area contributed by atoms with Crippen LogP contribution < -0.4 is 10.1 Å². The van der Waals surface area contributed by atoms with Gasteiger partial charge in [-0.05, 0) is 6.07 Å². The molecule has 1 N–H and O–H groups in total. The molecule has 1 rings (SSSR count). The van der Waals surface area contributed by atoms with Crippen molar-refractivity contribution in [2.75, 3.05) is 19.0 Å². The number of nitro groups is 1. The summed E-state index contributed by atoms with van der Waals surface area (Å²) in [5.74, 6) is -0.315. The Labute approximate surface area is 97.0 Å². The van der Waals surface area contributed by atoms with Crippen LogP contribution >= 0.6 is 0 Å². The number of amides is 1. The van der Waals surface area contributed by atoms with E-state index in [2.05, 4.69) is 10.2 Å². The van der Waals surface area contributed by atoms with Gasteiger partial charge in [0.2, 0.25) is 0 Å². The molecule has 0 aliphatic rings. The van der Waals surface area contributed by atoms with Gasteiger partial charge in [0.15, 0.2) is 0 Å². The average Bonchev–Trinajstić information content (AvgIpc) is 2.29. The smallest absolute Gasteiger partial charge is 0.304 e. The monoisotopic (exact) mass is 235 g/mol. The van der Waals surface area contributed by atoms with Crippen LogP contribution in [0.3, 0.4) is 0 Å². The van der Waals surface area contributed by atoms with Gasteiger partial charge in [0.25, 0.3) is 12.2 Å². The van der Waals surface area contributed by atoms with E-state index in [9.17, 15) is 14.9 Å². The lowest BCUT2D eigenvalue weighted by molar-refractivity contribution is -0.384. The Kier molecular flexibility index (Phi) is 4.00. The lowest BCUT2D eigenvalue weighted by Gasteiger charge is -2.07. The molecule has 0 radical (unpaired) electrons. The van der Waals surface area contributed by atoms with Gasteiger partial charge < -0.3 is 14.9 Å². The number of hydrogen-bond acceptors (Lipinski definition) is 4. The third-order valence-corrected chi connectivity index (χ3v) is 1.89. The van der Waals surface area contributed by atoms with Crippen molar-refractivity contribution in [3.8, 4) is 5.75 Å². The molecule has 88 valence electrons. The number of carbonyl (C=O) groups is 1. The van der Waals surface area contributed by atoms with Gasteiger partial charge >= 0.3 is 5.91 Å². The highest BCUT2D eigenvalue weighted by molar-refractivity contribution is 5.94. The van der Waals surface area contributed by atoms with Crippen LogP contribution in [0.4, 0.5) is 11.4 Å². The minimum atomic E-state index is -0.562. The van der Waals surface area contributed by atoms with Gasteiger partial charge in [0, 0.05) is 6.07 Å². The second-order valence-electron chi connectivity index (χ2n) is 3.01. The molecule has 0 aromatic heterocycles. The van der Waals surface area contributed by atoms with Crippen LogP contribution in [-0.4, -0.2) is 24.5 Å². The number of nitrogens with zero attached hydrogens (tertiary/aromatic N) is 2. The summed E-state index contributed by atoms with van der Waals surface area (Å²) in [6.07, 6.45) is 0. The van der Waals surface area contributed by atoms with E-state index in [1.807, 2.05) is 0 Å². The molecule has 7 nitrogen and oxygen atoms in total. The van der Waals surface area contributed by atoms with Crippen molar-refractivity contribution in [2.24, 2.45) is 0 Å². The van der Waals surface area contributed by atoms with Gasteiger partial charge in [-0.25, -0.2) is 6.57 Å². The first-order valence-corrected chi connectivity index (χ1v) is 4.54. The highest BCUT2D eigenvalue weighted by Crippen LogP contribution is 2.28. The molecule has 0 atom stereocenters. The topological polar surface area (TPSA) is 85.8 Å². The van der Waals surface area contributed by atoms with Crippen LogP contribution in [0.2, 0.25) is 0 Å². The number of rotatable bonds is 4. The predicted molar refractivity (Wildman–Crippen MR) is 59.7 cm³/mol. The fraction of sp³-hybridized carbons (Fsp3) is 0.200. The zero-order valence-corrected chi connectivity index (χ0v) is 8.97. The number of carbonyl (C=O) groups excluding carboxylic acids is 1. The van der Waals surface area contributed by atoms with E-state index in [0.717, 1.165) is 0 Å². The fourth-order valence-electron chi connectivity index (χ4n) is 1.16. The molecular formula is C10H9N3O4. The Balaban J connectivity index is 2.97. The van der Waals surface area contributed by atoms with E-state index in [1.54, 1.807) is 0 Å². The Morgan fingerprint density at radius 3 is 2.88 bits per heavy atom. The van der Waals surface area contributed by atoms with Crippen LogP contribution in [-0.2, 0) is 4.79 Å². The molecule has 0 spiro atoms. The van der Waals surface area contributed by atoms with Crippen molar-refractivity contribution >= 4 is 17.3 Å². The number of ether oxygens (including phenoxy) is 1. The van der Waals surface area contributed by atoms with E-state index < -0.39 is 10.8 Å². The van der Waals surface area contributed by atoms with Crippen LogP contribution in [0.15, 0.2) is 18.2 Å². The molecule has 1 amide bonds. The maximum atomic E-state index is 11.2. The van der Waals surface area contributed by atoms with E-state index in [0.29, 0.717) is 5.69 Å². The van der Waals surface area contributed by atoms with Gasteiger partial charge in [0.1, 0.15) is 5.75 Å². The molecular weight excluding hydrogens is 226 g/mol. The molecule has 17 heavy (non-hydrogen) atoms. The molecule has 0 fully saturated rings. The zero-order valence-electron chi connectivity index (χ0n) is 8.97. The number of hydrogen-bond donors (Lipinski definition) is 1. The van der Waals surface area contributed by atoms with E-state index in [-0.39, 0.29) is 18.0 Å². The first kappa shape index (κ1) is 12.4. The van der Waals surface area contributed by atoms with Crippen molar-refractivity contribution in [2.45, 2.75) is 0 Å². The maximum absolute atomic E-state index is 11.2. The quantitative estimate of drug-likeness (QED) is 0.486. The maximum Gasteiger partial charge on any atom is 0.304 e. The molecule has 7 heteroatoms. The third kappa shape index (κ3) is 3.17. The average molecular weight is 235 g/mol. The molecule has 1 aromatic rings. The number of nitro benzene ring substituents is 1. The van der Waals surface area contributed by atoms with Crippen molar-refractivity contribution in [3.05, 3.63) is 39.7 Å². The summed E-state index contributed by atoms with van der Waals surface area (Å²) in [5.41, 5.74) is 0.164. The molecule has 0 saturated carbocycles. The fourth-order valence-corrected chi connectivity index (χ4v) is 1.16. The van der Waals surface area contributed by atoms with Gasteiger partial charge in [-0.15, -0.1) is 0 Å². The minimum Gasteiger partial charge on any atom is -0.494 e. The van der Waals surface area contributed by atoms with Crippen LogP contribution in [0.25, 0.3) is 4.85 Å².